The molecule has 0 aliphatic carbocycles. The van der Waals surface area contributed by atoms with Gasteiger partial charge in [-0.3, -0.25) is 9.78 Å². The molecule has 3 heterocycles. The van der Waals surface area contributed by atoms with E-state index in [0.717, 1.165) is 16.7 Å². The largest absolute Gasteiger partial charge is 0.362 e. The van der Waals surface area contributed by atoms with Gasteiger partial charge in [0, 0.05) is 23.6 Å². The van der Waals surface area contributed by atoms with Gasteiger partial charge in [-0.05, 0) is 66.9 Å². The monoisotopic (exact) mass is 391 g/mol. The van der Waals surface area contributed by atoms with Crippen LogP contribution < -0.4 is 10.9 Å². The molecule has 0 fully saturated rings. The number of pyridine rings is 2. The summed E-state index contributed by atoms with van der Waals surface area (Å²) in [5, 5.41) is 3.84. The van der Waals surface area contributed by atoms with Gasteiger partial charge in [0.1, 0.15) is 11.5 Å². The molecule has 0 aliphatic heterocycles. The second kappa shape index (κ2) is 7.40. The van der Waals surface area contributed by atoms with Crippen LogP contribution in [-0.4, -0.2) is 19.9 Å². The molecular weight excluding hydrogens is 374 g/mol. The third kappa shape index (κ3) is 3.59. The summed E-state index contributed by atoms with van der Waals surface area (Å²) in [6.07, 6.45) is 5.33. The van der Waals surface area contributed by atoms with Crippen LogP contribution in [0.5, 0.6) is 0 Å². The van der Waals surface area contributed by atoms with Crippen molar-refractivity contribution in [3.63, 3.8) is 0 Å². The first-order chi connectivity index (χ1) is 13.5. The van der Waals surface area contributed by atoms with Crippen molar-refractivity contribution in [2.45, 2.75) is 19.9 Å². The van der Waals surface area contributed by atoms with Crippen LogP contribution in [0.2, 0.25) is 5.02 Å². The average Bonchev–Trinajstić information content (AvgIpc) is 2.68. The molecule has 7 heteroatoms. The zero-order valence-corrected chi connectivity index (χ0v) is 16.2. The van der Waals surface area contributed by atoms with Crippen molar-refractivity contribution in [2.24, 2.45) is 0 Å². The molecule has 0 spiro atoms. The minimum atomic E-state index is -0.339. The molecule has 28 heavy (non-hydrogen) atoms. The van der Waals surface area contributed by atoms with Gasteiger partial charge in [0.15, 0.2) is 0 Å². The van der Waals surface area contributed by atoms with Crippen molar-refractivity contribution in [1.82, 2.24) is 19.9 Å². The number of benzene rings is 1. The standard InChI is InChI=1S/C21H18ClN5O/c1-12-11-23-7-6-16(12)14-5-8-24-19(9-14)25-13(2)20-21(28)27-17-4-3-15(22)10-18(17)26-20/h3-11,13H,1-2H3,(H,24,25)(H,27,28). The highest BCUT2D eigenvalue weighted by atomic mass is 35.5. The Morgan fingerprint density at radius 3 is 2.82 bits per heavy atom. The molecule has 1 aromatic carbocycles. The van der Waals surface area contributed by atoms with Crippen LogP contribution in [0.1, 0.15) is 24.2 Å². The zero-order chi connectivity index (χ0) is 19.7. The average molecular weight is 392 g/mol. The normalized spacial score (nSPS) is 12.1. The van der Waals surface area contributed by atoms with E-state index < -0.39 is 0 Å². The number of hydrogen-bond donors (Lipinski definition) is 2. The van der Waals surface area contributed by atoms with E-state index in [4.69, 9.17) is 11.6 Å². The fraction of sp³-hybridized carbons (Fsp3) is 0.143. The molecule has 1 unspecified atom stereocenters. The molecule has 0 amide bonds. The van der Waals surface area contributed by atoms with E-state index >= 15 is 0 Å². The second-order valence-electron chi connectivity index (χ2n) is 6.60. The smallest absolute Gasteiger partial charge is 0.272 e. The van der Waals surface area contributed by atoms with E-state index in [1.807, 2.05) is 38.2 Å². The van der Waals surface area contributed by atoms with Gasteiger partial charge in [-0.15, -0.1) is 0 Å². The van der Waals surface area contributed by atoms with Gasteiger partial charge in [-0.2, -0.15) is 0 Å². The van der Waals surface area contributed by atoms with Crippen LogP contribution in [0.4, 0.5) is 5.82 Å². The summed E-state index contributed by atoms with van der Waals surface area (Å²) in [5.74, 6) is 0.661. The van der Waals surface area contributed by atoms with Crippen molar-refractivity contribution >= 4 is 28.5 Å². The number of hydrogen-bond acceptors (Lipinski definition) is 5. The van der Waals surface area contributed by atoms with E-state index in [1.165, 1.54) is 0 Å². The Morgan fingerprint density at radius 1 is 1.14 bits per heavy atom. The molecule has 4 rings (SSSR count). The third-order valence-corrected chi connectivity index (χ3v) is 4.78. The lowest BCUT2D eigenvalue weighted by atomic mass is 10.0. The summed E-state index contributed by atoms with van der Waals surface area (Å²) in [4.78, 5) is 28.3. The molecular formula is C21H18ClN5O. The first-order valence-electron chi connectivity index (χ1n) is 8.84. The molecule has 0 saturated carbocycles. The minimum absolute atomic E-state index is 0.240. The van der Waals surface area contributed by atoms with Crippen LogP contribution in [-0.2, 0) is 0 Å². The fourth-order valence-corrected chi connectivity index (χ4v) is 3.29. The van der Waals surface area contributed by atoms with Crippen LogP contribution in [0.15, 0.2) is 59.8 Å². The van der Waals surface area contributed by atoms with E-state index in [2.05, 4.69) is 25.3 Å². The van der Waals surface area contributed by atoms with Crippen molar-refractivity contribution < 1.29 is 0 Å². The van der Waals surface area contributed by atoms with E-state index in [9.17, 15) is 4.79 Å². The summed E-state index contributed by atoms with van der Waals surface area (Å²) >= 11 is 6.05. The quantitative estimate of drug-likeness (QED) is 0.534. The number of H-pyrrole nitrogens is 1. The first kappa shape index (κ1) is 18.1. The number of fused-ring (bicyclic) bond motifs is 1. The molecule has 0 saturated heterocycles. The maximum absolute atomic E-state index is 12.5. The highest BCUT2D eigenvalue weighted by Gasteiger charge is 2.14. The Bertz CT molecular complexity index is 1220. The lowest BCUT2D eigenvalue weighted by Crippen LogP contribution is -2.22. The first-order valence-corrected chi connectivity index (χ1v) is 9.22. The topological polar surface area (TPSA) is 83.6 Å². The van der Waals surface area contributed by atoms with Gasteiger partial charge < -0.3 is 10.3 Å². The lowest BCUT2D eigenvalue weighted by Gasteiger charge is -2.15. The Balaban J connectivity index is 1.66. The Hall–Kier alpha value is -3.25. The summed E-state index contributed by atoms with van der Waals surface area (Å²) in [6.45, 7) is 3.89. The molecule has 1 atom stereocenters. The van der Waals surface area contributed by atoms with Gasteiger partial charge in [0.05, 0.1) is 17.1 Å². The molecule has 3 aromatic heterocycles. The van der Waals surface area contributed by atoms with Gasteiger partial charge in [-0.1, -0.05) is 11.6 Å². The maximum atomic E-state index is 12.5. The molecule has 0 bridgehead atoms. The predicted octanol–water partition coefficient (Wildman–Crippen LogP) is 4.52. The number of nitrogens with zero attached hydrogens (tertiary/aromatic N) is 3. The van der Waals surface area contributed by atoms with Crippen molar-refractivity contribution in [1.29, 1.82) is 0 Å². The van der Waals surface area contributed by atoms with Gasteiger partial charge >= 0.3 is 0 Å². The van der Waals surface area contributed by atoms with Crippen molar-refractivity contribution in [3.8, 4) is 11.1 Å². The summed E-state index contributed by atoms with van der Waals surface area (Å²) in [6, 6.07) is 10.7. The highest BCUT2D eigenvalue weighted by Crippen LogP contribution is 2.25. The number of anilines is 1. The highest BCUT2D eigenvalue weighted by molar-refractivity contribution is 6.31. The number of aryl methyl sites for hydroxylation is 1. The van der Waals surface area contributed by atoms with E-state index in [-0.39, 0.29) is 11.6 Å². The van der Waals surface area contributed by atoms with E-state index in [1.54, 1.807) is 30.6 Å². The van der Waals surface area contributed by atoms with Crippen molar-refractivity contribution in [3.05, 3.63) is 81.6 Å². The summed E-state index contributed by atoms with van der Waals surface area (Å²) in [5.41, 5.74) is 4.62. The number of aromatic nitrogens is 4. The number of nitrogens with one attached hydrogen (secondary N) is 2. The van der Waals surface area contributed by atoms with Crippen LogP contribution in [0.25, 0.3) is 22.2 Å². The predicted molar refractivity (Wildman–Crippen MR) is 112 cm³/mol. The third-order valence-electron chi connectivity index (χ3n) is 4.55. The van der Waals surface area contributed by atoms with Gasteiger partial charge in [0.2, 0.25) is 0 Å². The van der Waals surface area contributed by atoms with Crippen LogP contribution in [0, 0.1) is 6.92 Å². The number of rotatable bonds is 4. The molecule has 4 aromatic rings. The van der Waals surface area contributed by atoms with Gasteiger partial charge in [0.25, 0.3) is 5.56 Å². The zero-order valence-electron chi connectivity index (χ0n) is 15.4. The molecule has 0 aliphatic rings. The van der Waals surface area contributed by atoms with Crippen LogP contribution >= 0.6 is 11.6 Å². The molecule has 6 nitrogen and oxygen atoms in total. The Labute approximate surface area is 166 Å². The molecule has 0 radical (unpaired) electrons. The summed E-state index contributed by atoms with van der Waals surface area (Å²) < 4.78 is 0. The molecule has 2 N–H and O–H groups in total. The minimum Gasteiger partial charge on any atom is -0.362 e. The Kier molecular flexibility index (Phi) is 4.79. The maximum Gasteiger partial charge on any atom is 0.272 e. The Morgan fingerprint density at radius 2 is 2.00 bits per heavy atom. The SMILES string of the molecule is Cc1cnccc1-c1ccnc(NC(C)c2nc3cc(Cl)ccc3[nH]c2=O)c1. The lowest BCUT2D eigenvalue weighted by molar-refractivity contribution is 0.816. The summed E-state index contributed by atoms with van der Waals surface area (Å²) in [7, 11) is 0. The molecule has 140 valence electrons. The van der Waals surface area contributed by atoms with E-state index in [0.29, 0.717) is 27.6 Å². The van der Waals surface area contributed by atoms with Crippen molar-refractivity contribution in [2.75, 3.05) is 5.32 Å². The second-order valence-corrected chi connectivity index (χ2v) is 7.04. The fourth-order valence-electron chi connectivity index (χ4n) is 3.13. The van der Waals surface area contributed by atoms with Crippen LogP contribution in [0.3, 0.4) is 0 Å². The number of aromatic amines is 1. The van der Waals surface area contributed by atoms with Gasteiger partial charge in [-0.25, -0.2) is 9.97 Å². The number of halogens is 1.